The van der Waals surface area contributed by atoms with Crippen LogP contribution >= 0.6 is 0 Å². The molecule has 4 aliphatic rings. The average molecular weight is 377 g/mol. The zero-order valence-corrected chi connectivity index (χ0v) is 19.4. The van der Waals surface area contributed by atoms with Crippen LogP contribution < -0.4 is 0 Å². The molecular weight excluding hydrogens is 332 g/mol. The van der Waals surface area contributed by atoms with Crippen molar-refractivity contribution in [3.63, 3.8) is 0 Å². The molecule has 0 radical (unpaired) electrons. The summed E-state index contributed by atoms with van der Waals surface area (Å²) in [4.78, 5) is 13.9. The third kappa shape index (κ3) is 3.48. The van der Waals surface area contributed by atoms with Crippen molar-refractivity contribution in [3.05, 3.63) is 0 Å². The summed E-state index contributed by atoms with van der Waals surface area (Å²) in [5.74, 6) is 3.40. The van der Waals surface area contributed by atoms with Gasteiger partial charge in [-0.1, -0.05) is 55.4 Å². The fraction of sp³-hybridized carbons (Fsp3) is 0.960. The minimum atomic E-state index is -0.470. The lowest BCUT2D eigenvalue weighted by atomic mass is 9.47. The first-order chi connectivity index (χ1) is 12.2. The quantitative estimate of drug-likeness (QED) is 0.500. The molecule has 0 aromatic rings. The molecular formula is C25H44O2. The molecule has 2 heteroatoms. The van der Waals surface area contributed by atoms with Crippen molar-refractivity contribution in [1.82, 2.24) is 0 Å². The van der Waals surface area contributed by atoms with E-state index in [1.807, 2.05) is 0 Å². The Bertz CT molecular complexity index is 546. The number of carbonyl (C=O) groups excluding carboxylic acids is 1. The first-order valence-corrected chi connectivity index (χ1v) is 11.4. The molecule has 4 bridgehead atoms. The standard InChI is InChI=1S/C25H44O2/c1-16(2)25(19-11-17-10-18(13-19)14-20(25)12-17)27-21(26)24(9,23(6,7)8)15-22(3,4)5/h16-20H,10-15H2,1-9H3. The van der Waals surface area contributed by atoms with E-state index in [0.717, 1.165) is 18.3 Å². The second-order valence-corrected chi connectivity index (χ2v) is 13.0. The van der Waals surface area contributed by atoms with Crippen LogP contribution in [-0.2, 0) is 9.53 Å². The normalized spacial score (nSPS) is 38.1. The molecule has 0 aromatic heterocycles. The van der Waals surface area contributed by atoms with Gasteiger partial charge in [0.05, 0.1) is 5.41 Å². The molecule has 4 rings (SSSR count). The highest BCUT2D eigenvalue weighted by molar-refractivity contribution is 5.78. The predicted molar refractivity (Wildman–Crippen MR) is 112 cm³/mol. The number of rotatable bonds is 4. The lowest BCUT2D eigenvalue weighted by Crippen LogP contribution is -2.63. The van der Waals surface area contributed by atoms with E-state index >= 15 is 0 Å². The molecule has 0 heterocycles. The lowest BCUT2D eigenvalue weighted by Gasteiger charge is -2.62. The van der Waals surface area contributed by atoms with Gasteiger partial charge >= 0.3 is 5.97 Å². The molecule has 1 atom stereocenters. The van der Waals surface area contributed by atoms with Gasteiger partial charge in [0, 0.05) is 0 Å². The minimum Gasteiger partial charge on any atom is -0.458 e. The van der Waals surface area contributed by atoms with Gasteiger partial charge in [-0.2, -0.15) is 0 Å². The topological polar surface area (TPSA) is 26.3 Å². The molecule has 2 nitrogen and oxygen atoms in total. The van der Waals surface area contributed by atoms with Crippen LogP contribution in [0.4, 0.5) is 0 Å². The van der Waals surface area contributed by atoms with E-state index in [0.29, 0.717) is 17.8 Å². The van der Waals surface area contributed by atoms with E-state index in [9.17, 15) is 4.79 Å². The van der Waals surface area contributed by atoms with Crippen LogP contribution in [0.15, 0.2) is 0 Å². The van der Waals surface area contributed by atoms with Gasteiger partial charge < -0.3 is 4.74 Å². The van der Waals surface area contributed by atoms with Crippen molar-refractivity contribution in [2.75, 3.05) is 0 Å². The van der Waals surface area contributed by atoms with E-state index in [1.54, 1.807) is 0 Å². The van der Waals surface area contributed by atoms with E-state index in [4.69, 9.17) is 4.74 Å². The first-order valence-electron chi connectivity index (χ1n) is 11.4. The molecule has 4 saturated carbocycles. The summed E-state index contributed by atoms with van der Waals surface area (Å²) in [6.07, 6.45) is 7.41. The summed E-state index contributed by atoms with van der Waals surface area (Å²) < 4.78 is 6.77. The molecule has 27 heavy (non-hydrogen) atoms. The Balaban J connectivity index is 1.93. The largest absolute Gasteiger partial charge is 0.458 e. The highest BCUT2D eigenvalue weighted by atomic mass is 16.6. The van der Waals surface area contributed by atoms with E-state index < -0.39 is 5.41 Å². The number of carbonyl (C=O) groups is 1. The molecule has 0 saturated heterocycles. The van der Waals surface area contributed by atoms with Gasteiger partial charge in [-0.05, 0) is 85.9 Å². The smallest absolute Gasteiger partial charge is 0.312 e. The maximum Gasteiger partial charge on any atom is 0.312 e. The fourth-order valence-electron chi connectivity index (χ4n) is 7.13. The third-order valence-corrected chi connectivity index (χ3v) is 8.58. The summed E-state index contributed by atoms with van der Waals surface area (Å²) in [6, 6.07) is 0. The molecule has 0 N–H and O–H groups in total. The highest BCUT2D eigenvalue weighted by Gasteiger charge is 2.62. The second kappa shape index (κ2) is 6.49. The van der Waals surface area contributed by atoms with Crippen LogP contribution in [-0.4, -0.2) is 11.6 Å². The molecule has 1 unspecified atom stereocenters. The van der Waals surface area contributed by atoms with Crippen LogP contribution in [0.5, 0.6) is 0 Å². The molecule has 0 aliphatic heterocycles. The van der Waals surface area contributed by atoms with E-state index in [2.05, 4.69) is 62.3 Å². The lowest BCUT2D eigenvalue weighted by molar-refractivity contribution is -0.237. The molecule has 0 amide bonds. The molecule has 4 aliphatic carbocycles. The van der Waals surface area contributed by atoms with Gasteiger partial charge in [-0.3, -0.25) is 4.79 Å². The Morgan fingerprint density at radius 3 is 1.67 bits per heavy atom. The van der Waals surface area contributed by atoms with E-state index in [1.165, 1.54) is 32.1 Å². The maximum absolute atomic E-state index is 13.9. The van der Waals surface area contributed by atoms with Crippen molar-refractivity contribution in [2.24, 2.45) is 45.8 Å². The third-order valence-electron chi connectivity index (χ3n) is 8.58. The van der Waals surface area contributed by atoms with Crippen molar-refractivity contribution < 1.29 is 9.53 Å². The van der Waals surface area contributed by atoms with Crippen molar-refractivity contribution in [2.45, 2.75) is 106 Å². The van der Waals surface area contributed by atoms with Crippen LogP contribution in [0.2, 0.25) is 0 Å². The zero-order valence-electron chi connectivity index (χ0n) is 19.4. The van der Waals surface area contributed by atoms with Crippen LogP contribution in [0, 0.1) is 45.8 Å². The summed E-state index contributed by atoms with van der Waals surface area (Å²) in [7, 11) is 0. The van der Waals surface area contributed by atoms with Crippen LogP contribution in [0.3, 0.4) is 0 Å². The molecule has 0 aromatic carbocycles. The number of ether oxygens (including phenoxy) is 1. The minimum absolute atomic E-state index is 0.0612. The van der Waals surface area contributed by atoms with Crippen molar-refractivity contribution >= 4 is 5.97 Å². The molecule has 156 valence electrons. The monoisotopic (exact) mass is 376 g/mol. The summed E-state index contributed by atoms with van der Waals surface area (Å²) in [5, 5.41) is 0. The van der Waals surface area contributed by atoms with Gasteiger partial charge in [0.15, 0.2) is 0 Å². The molecule has 0 spiro atoms. The van der Waals surface area contributed by atoms with Gasteiger partial charge in [0.2, 0.25) is 0 Å². The molecule has 4 fully saturated rings. The van der Waals surface area contributed by atoms with Gasteiger partial charge in [-0.25, -0.2) is 0 Å². The predicted octanol–water partition coefficient (Wildman–Crippen LogP) is 6.87. The average Bonchev–Trinajstić information content (AvgIpc) is 2.46. The number of esters is 1. The summed E-state index contributed by atoms with van der Waals surface area (Å²) in [6.45, 7) is 20.1. The Labute approximate surface area is 168 Å². The summed E-state index contributed by atoms with van der Waals surface area (Å²) >= 11 is 0. The highest BCUT2D eigenvalue weighted by Crippen LogP contribution is 2.62. The van der Waals surface area contributed by atoms with Crippen molar-refractivity contribution in [1.29, 1.82) is 0 Å². The van der Waals surface area contributed by atoms with Gasteiger partial charge in [-0.15, -0.1) is 0 Å². The van der Waals surface area contributed by atoms with Crippen LogP contribution in [0.25, 0.3) is 0 Å². The van der Waals surface area contributed by atoms with Gasteiger partial charge in [0.25, 0.3) is 0 Å². The first kappa shape index (κ1) is 21.2. The summed E-state index contributed by atoms with van der Waals surface area (Å²) in [5.41, 5.74) is -0.728. The Morgan fingerprint density at radius 1 is 0.889 bits per heavy atom. The fourth-order valence-corrected chi connectivity index (χ4v) is 7.13. The van der Waals surface area contributed by atoms with Crippen LogP contribution in [0.1, 0.15) is 101 Å². The Morgan fingerprint density at radius 2 is 1.33 bits per heavy atom. The Kier molecular flexibility index (Phi) is 5.09. The zero-order chi connectivity index (χ0) is 20.4. The van der Waals surface area contributed by atoms with E-state index in [-0.39, 0.29) is 22.4 Å². The number of hydrogen-bond acceptors (Lipinski definition) is 2. The maximum atomic E-state index is 13.9. The second-order valence-electron chi connectivity index (χ2n) is 13.0. The SMILES string of the molecule is CC(C)C1(OC(=O)C(C)(CC(C)(C)C)C(C)(C)C)C2CC3CC(C2)CC1C3. The number of hydrogen-bond donors (Lipinski definition) is 0. The Hall–Kier alpha value is -0.530. The van der Waals surface area contributed by atoms with Gasteiger partial charge in [0.1, 0.15) is 5.60 Å². The van der Waals surface area contributed by atoms with Crippen molar-refractivity contribution in [3.8, 4) is 0 Å².